The van der Waals surface area contributed by atoms with Crippen molar-refractivity contribution in [2.24, 2.45) is 17.8 Å². The standard InChI is InChI=1S/C21H21F2N5O/c1-10(29)17-11-2-4-12(5-3-11)18(17)27-21-16(23)9-26-20(28-21)15-8-25-19-14(15)6-13(22)7-24-19/h6-9,11-12,17-18H,2-5H2,1H3,(H,24,25)(H,26,27,28)/t11?,12?,17-,18?/m0/s1. The van der Waals surface area contributed by atoms with Crippen LogP contribution in [0.5, 0.6) is 0 Å². The highest BCUT2D eigenvalue weighted by atomic mass is 19.1. The van der Waals surface area contributed by atoms with Crippen LogP contribution in [0.15, 0.2) is 24.7 Å². The van der Waals surface area contributed by atoms with Crippen molar-refractivity contribution in [2.75, 3.05) is 5.32 Å². The fourth-order valence-electron chi connectivity index (χ4n) is 5.16. The summed E-state index contributed by atoms with van der Waals surface area (Å²) >= 11 is 0. The Balaban J connectivity index is 1.51. The van der Waals surface area contributed by atoms with Crippen molar-refractivity contribution in [2.45, 2.75) is 38.6 Å². The number of H-pyrrole nitrogens is 1. The average Bonchev–Trinajstić information content (AvgIpc) is 3.13. The van der Waals surface area contributed by atoms with Gasteiger partial charge in [-0.25, -0.2) is 23.7 Å². The Bertz CT molecular complexity index is 1090. The van der Waals surface area contributed by atoms with Gasteiger partial charge in [0.1, 0.15) is 17.2 Å². The predicted molar refractivity (Wildman–Crippen MR) is 104 cm³/mol. The van der Waals surface area contributed by atoms with Gasteiger partial charge >= 0.3 is 0 Å². The lowest BCUT2D eigenvalue weighted by Gasteiger charge is -2.48. The molecule has 0 spiro atoms. The van der Waals surface area contributed by atoms with Gasteiger partial charge in [0.2, 0.25) is 0 Å². The molecule has 3 aliphatic rings. The van der Waals surface area contributed by atoms with E-state index in [4.69, 9.17) is 0 Å². The molecule has 29 heavy (non-hydrogen) atoms. The summed E-state index contributed by atoms with van der Waals surface area (Å²) in [4.78, 5) is 27.7. The summed E-state index contributed by atoms with van der Waals surface area (Å²) in [5.74, 6) is 0.0185. The molecule has 3 heterocycles. The van der Waals surface area contributed by atoms with E-state index in [-0.39, 0.29) is 29.4 Å². The molecule has 3 aliphatic carbocycles. The monoisotopic (exact) mass is 397 g/mol. The van der Waals surface area contributed by atoms with Crippen molar-refractivity contribution >= 4 is 22.6 Å². The molecule has 3 aromatic heterocycles. The third-order valence-corrected chi connectivity index (χ3v) is 6.47. The number of hydrogen-bond acceptors (Lipinski definition) is 5. The van der Waals surface area contributed by atoms with E-state index in [1.807, 2.05) is 0 Å². The number of anilines is 1. The minimum atomic E-state index is -0.568. The minimum Gasteiger partial charge on any atom is -0.364 e. The molecule has 0 radical (unpaired) electrons. The number of ketones is 1. The number of nitrogens with one attached hydrogen (secondary N) is 2. The van der Waals surface area contributed by atoms with Gasteiger partial charge in [0, 0.05) is 29.1 Å². The second-order valence-electron chi connectivity index (χ2n) is 8.12. The number of fused-ring (bicyclic) bond motifs is 4. The number of pyridine rings is 1. The number of Topliss-reactive ketones (excluding diaryl/α,β-unsaturated/α-hetero) is 1. The van der Waals surface area contributed by atoms with Crippen LogP contribution in [0.1, 0.15) is 32.6 Å². The van der Waals surface area contributed by atoms with Gasteiger partial charge in [-0.15, -0.1) is 0 Å². The number of aromatic amines is 1. The number of carbonyl (C=O) groups is 1. The molecule has 150 valence electrons. The molecule has 0 saturated heterocycles. The highest BCUT2D eigenvalue weighted by molar-refractivity contribution is 5.91. The number of halogens is 2. The second-order valence-corrected chi connectivity index (χ2v) is 8.12. The van der Waals surface area contributed by atoms with Crippen molar-refractivity contribution in [1.29, 1.82) is 0 Å². The average molecular weight is 397 g/mol. The Morgan fingerprint density at radius 1 is 1.14 bits per heavy atom. The van der Waals surface area contributed by atoms with Crippen LogP contribution in [-0.2, 0) is 4.79 Å². The number of hydrogen-bond donors (Lipinski definition) is 2. The van der Waals surface area contributed by atoms with E-state index in [2.05, 4.69) is 25.3 Å². The maximum absolute atomic E-state index is 14.6. The lowest BCUT2D eigenvalue weighted by molar-refractivity contribution is -0.126. The van der Waals surface area contributed by atoms with E-state index >= 15 is 0 Å². The lowest BCUT2D eigenvalue weighted by Crippen LogP contribution is -2.51. The highest BCUT2D eigenvalue weighted by Crippen LogP contribution is 2.46. The Kier molecular flexibility index (Phi) is 4.29. The van der Waals surface area contributed by atoms with E-state index in [1.165, 1.54) is 6.07 Å². The quantitative estimate of drug-likeness (QED) is 0.692. The van der Waals surface area contributed by atoms with Crippen LogP contribution in [0.2, 0.25) is 0 Å². The maximum atomic E-state index is 14.6. The van der Waals surface area contributed by atoms with Gasteiger partial charge < -0.3 is 10.3 Å². The van der Waals surface area contributed by atoms with E-state index in [0.29, 0.717) is 28.4 Å². The fourth-order valence-corrected chi connectivity index (χ4v) is 5.16. The van der Waals surface area contributed by atoms with Crippen molar-refractivity contribution in [3.8, 4) is 11.4 Å². The van der Waals surface area contributed by atoms with Crippen LogP contribution in [0.25, 0.3) is 22.4 Å². The second kappa shape index (κ2) is 6.86. The van der Waals surface area contributed by atoms with Crippen molar-refractivity contribution in [3.63, 3.8) is 0 Å². The molecule has 2 N–H and O–H groups in total. The molecular formula is C21H21F2N5O. The molecule has 2 bridgehead atoms. The van der Waals surface area contributed by atoms with Crippen LogP contribution in [0, 0.1) is 29.4 Å². The van der Waals surface area contributed by atoms with Crippen LogP contribution in [0.4, 0.5) is 14.6 Å². The first kappa shape index (κ1) is 18.1. The number of nitrogens with zero attached hydrogens (tertiary/aromatic N) is 3. The van der Waals surface area contributed by atoms with E-state index in [9.17, 15) is 13.6 Å². The van der Waals surface area contributed by atoms with Gasteiger partial charge in [0.25, 0.3) is 0 Å². The molecule has 0 amide bonds. The highest BCUT2D eigenvalue weighted by Gasteiger charge is 2.46. The SMILES string of the molecule is CC(=O)[C@H]1C2CCC(CC2)C1Nc1nc(-c2c[nH]c3ncc(F)cc23)ncc1F. The summed E-state index contributed by atoms with van der Waals surface area (Å²) in [5.41, 5.74) is 1.05. The minimum absolute atomic E-state index is 0.0810. The van der Waals surface area contributed by atoms with Crippen LogP contribution >= 0.6 is 0 Å². The Hall–Kier alpha value is -2.90. The first-order chi connectivity index (χ1) is 14.0. The summed E-state index contributed by atoms with van der Waals surface area (Å²) < 4.78 is 28.2. The van der Waals surface area contributed by atoms with Gasteiger partial charge in [0.05, 0.1) is 12.4 Å². The first-order valence-electron chi connectivity index (χ1n) is 9.94. The Morgan fingerprint density at radius 3 is 2.66 bits per heavy atom. The Morgan fingerprint density at radius 2 is 1.90 bits per heavy atom. The lowest BCUT2D eigenvalue weighted by atomic mass is 9.60. The van der Waals surface area contributed by atoms with Gasteiger partial charge in [-0.3, -0.25) is 4.79 Å². The van der Waals surface area contributed by atoms with Gasteiger partial charge in [0.15, 0.2) is 17.5 Å². The van der Waals surface area contributed by atoms with E-state index < -0.39 is 11.6 Å². The van der Waals surface area contributed by atoms with Crippen LogP contribution < -0.4 is 5.32 Å². The summed E-state index contributed by atoms with van der Waals surface area (Å²) in [7, 11) is 0. The smallest absolute Gasteiger partial charge is 0.183 e. The topological polar surface area (TPSA) is 83.6 Å². The normalized spacial score (nSPS) is 26.0. The molecule has 3 saturated carbocycles. The van der Waals surface area contributed by atoms with Crippen molar-refractivity contribution in [3.05, 3.63) is 36.3 Å². The summed E-state index contributed by atoms with van der Waals surface area (Å²) in [6, 6.07) is 1.22. The third-order valence-electron chi connectivity index (χ3n) is 6.47. The molecule has 0 aromatic carbocycles. The molecule has 1 unspecified atom stereocenters. The number of carbonyl (C=O) groups excluding carboxylic acids is 1. The zero-order valence-electron chi connectivity index (χ0n) is 16.0. The van der Waals surface area contributed by atoms with Gasteiger partial charge in [-0.1, -0.05) is 0 Å². The predicted octanol–water partition coefficient (Wildman–Crippen LogP) is 4.10. The van der Waals surface area contributed by atoms with Crippen LogP contribution in [-0.4, -0.2) is 31.8 Å². The molecule has 0 aliphatic heterocycles. The summed E-state index contributed by atoms with van der Waals surface area (Å²) in [6.45, 7) is 1.62. The van der Waals surface area contributed by atoms with Crippen LogP contribution in [0.3, 0.4) is 0 Å². The van der Waals surface area contributed by atoms with E-state index in [1.54, 1.807) is 13.1 Å². The zero-order valence-corrected chi connectivity index (χ0v) is 16.0. The zero-order chi connectivity index (χ0) is 20.1. The molecule has 2 atom stereocenters. The molecule has 8 heteroatoms. The largest absolute Gasteiger partial charge is 0.364 e. The van der Waals surface area contributed by atoms with Crippen molar-refractivity contribution < 1.29 is 13.6 Å². The van der Waals surface area contributed by atoms with Gasteiger partial charge in [-0.05, 0) is 50.5 Å². The molecule has 3 aromatic rings. The molecule has 6 rings (SSSR count). The van der Waals surface area contributed by atoms with Gasteiger partial charge in [-0.2, -0.15) is 0 Å². The third kappa shape index (κ3) is 3.07. The van der Waals surface area contributed by atoms with Crippen molar-refractivity contribution in [1.82, 2.24) is 19.9 Å². The van der Waals surface area contributed by atoms with E-state index in [0.717, 1.165) is 38.1 Å². The first-order valence-corrected chi connectivity index (χ1v) is 9.94. The Labute approximate surface area is 166 Å². The number of aromatic nitrogens is 4. The molecule has 3 fully saturated rings. The number of rotatable bonds is 4. The molecule has 6 nitrogen and oxygen atoms in total. The maximum Gasteiger partial charge on any atom is 0.183 e. The summed E-state index contributed by atoms with van der Waals surface area (Å²) in [5, 5.41) is 3.76. The summed E-state index contributed by atoms with van der Waals surface area (Å²) in [6.07, 6.45) is 8.06. The fraction of sp³-hybridized carbons (Fsp3) is 0.429. The molecular weight excluding hydrogens is 376 g/mol.